The van der Waals surface area contributed by atoms with Gasteiger partial charge in [-0.25, -0.2) is 9.97 Å². The van der Waals surface area contributed by atoms with Crippen molar-refractivity contribution in [1.29, 1.82) is 0 Å². The monoisotopic (exact) mass is 295 g/mol. The zero-order valence-corrected chi connectivity index (χ0v) is 13.2. The minimum atomic E-state index is 0.421. The van der Waals surface area contributed by atoms with E-state index in [2.05, 4.69) is 22.0 Å². The number of oxime groups is 1. The number of aryl methyl sites for hydroxylation is 3. The maximum absolute atomic E-state index is 5.37. The van der Waals surface area contributed by atoms with Gasteiger partial charge in [0.25, 0.3) is 0 Å². The molecule has 4 nitrogen and oxygen atoms in total. The molecule has 0 radical (unpaired) electrons. The first kappa shape index (κ1) is 14.1. The van der Waals surface area contributed by atoms with E-state index in [1.807, 2.05) is 26.2 Å². The van der Waals surface area contributed by atoms with Crippen LogP contribution in [0.15, 0.2) is 10.5 Å². The summed E-state index contributed by atoms with van der Waals surface area (Å²) in [5, 5.41) is 8.35. The van der Waals surface area contributed by atoms with Crippen molar-refractivity contribution in [2.24, 2.45) is 5.16 Å². The van der Waals surface area contributed by atoms with Crippen LogP contribution in [0.3, 0.4) is 0 Å². The maximum atomic E-state index is 5.37. The first-order valence-electron chi connectivity index (χ1n) is 6.14. The van der Waals surface area contributed by atoms with E-state index in [0.717, 1.165) is 38.4 Å². The topological polar surface area (TPSA) is 47.4 Å². The Bertz CT molecular complexity index is 586. The molecule has 0 saturated carbocycles. The van der Waals surface area contributed by atoms with Crippen LogP contribution in [0, 0.1) is 13.8 Å². The third-order valence-corrected chi connectivity index (χ3v) is 4.77. The number of hydrogen-bond donors (Lipinski definition) is 0. The van der Waals surface area contributed by atoms with Crippen LogP contribution in [0.5, 0.6) is 0 Å². The SMILES string of the molecule is CCc1nc(CO/N=C(\C)c2sc(C)nc2C)cs1. The molecule has 0 spiro atoms. The van der Waals surface area contributed by atoms with Crippen molar-refractivity contribution in [3.05, 3.63) is 31.7 Å². The van der Waals surface area contributed by atoms with Crippen molar-refractivity contribution in [2.45, 2.75) is 40.7 Å². The number of hydrogen-bond acceptors (Lipinski definition) is 6. The predicted molar refractivity (Wildman–Crippen MR) is 80.1 cm³/mol. The van der Waals surface area contributed by atoms with Crippen molar-refractivity contribution >= 4 is 28.4 Å². The van der Waals surface area contributed by atoms with E-state index in [1.165, 1.54) is 0 Å². The lowest BCUT2D eigenvalue weighted by atomic mass is 10.3. The molecule has 2 aromatic heterocycles. The normalized spacial score (nSPS) is 11.9. The van der Waals surface area contributed by atoms with Crippen molar-refractivity contribution in [3.63, 3.8) is 0 Å². The molecular formula is C13H17N3OS2. The molecule has 0 aliphatic carbocycles. The number of aromatic nitrogens is 2. The second-order valence-electron chi connectivity index (χ2n) is 4.18. The lowest BCUT2D eigenvalue weighted by Gasteiger charge is -1.99. The molecule has 0 unspecified atom stereocenters. The van der Waals surface area contributed by atoms with Crippen LogP contribution in [-0.4, -0.2) is 15.7 Å². The third kappa shape index (κ3) is 3.61. The van der Waals surface area contributed by atoms with E-state index >= 15 is 0 Å². The van der Waals surface area contributed by atoms with E-state index in [1.54, 1.807) is 22.7 Å². The summed E-state index contributed by atoms with van der Waals surface area (Å²) in [7, 11) is 0. The van der Waals surface area contributed by atoms with Crippen molar-refractivity contribution in [1.82, 2.24) is 9.97 Å². The van der Waals surface area contributed by atoms with Gasteiger partial charge in [-0.2, -0.15) is 0 Å². The van der Waals surface area contributed by atoms with Gasteiger partial charge in [0.05, 0.1) is 32.0 Å². The Balaban J connectivity index is 1.96. The van der Waals surface area contributed by atoms with Crippen LogP contribution in [0.2, 0.25) is 0 Å². The van der Waals surface area contributed by atoms with Crippen LogP contribution >= 0.6 is 22.7 Å². The minimum Gasteiger partial charge on any atom is -0.389 e. The van der Waals surface area contributed by atoms with Gasteiger partial charge in [0.2, 0.25) is 0 Å². The highest BCUT2D eigenvalue weighted by atomic mass is 32.1. The molecule has 2 heterocycles. The van der Waals surface area contributed by atoms with E-state index in [-0.39, 0.29) is 0 Å². The van der Waals surface area contributed by atoms with Gasteiger partial charge in [-0.05, 0) is 27.2 Å². The molecule has 0 bridgehead atoms. The van der Waals surface area contributed by atoms with Gasteiger partial charge < -0.3 is 4.84 Å². The van der Waals surface area contributed by atoms with E-state index in [0.29, 0.717) is 6.61 Å². The highest BCUT2D eigenvalue weighted by Crippen LogP contribution is 2.18. The Labute approximate surface area is 121 Å². The predicted octanol–water partition coefficient (Wildman–Crippen LogP) is 3.72. The van der Waals surface area contributed by atoms with Crippen LogP contribution in [0.4, 0.5) is 0 Å². The quantitative estimate of drug-likeness (QED) is 0.624. The van der Waals surface area contributed by atoms with Crippen molar-refractivity contribution < 1.29 is 4.84 Å². The lowest BCUT2D eigenvalue weighted by Crippen LogP contribution is -1.97. The highest BCUT2D eigenvalue weighted by Gasteiger charge is 2.08. The summed E-state index contributed by atoms with van der Waals surface area (Å²) in [6.45, 7) is 8.45. The molecule has 19 heavy (non-hydrogen) atoms. The Morgan fingerprint density at radius 2 is 2.16 bits per heavy atom. The van der Waals surface area contributed by atoms with Gasteiger partial charge in [-0.1, -0.05) is 12.1 Å². The number of nitrogens with zero attached hydrogens (tertiary/aromatic N) is 3. The van der Waals surface area contributed by atoms with Gasteiger partial charge >= 0.3 is 0 Å². The maximum Gasteiger partial charge on any atom is 0.159 e. The molecule has 0 aliphatic rings. The molecule has 0 aliphatic heterocycles. The average molecular weight is 295 g/mol. The third-order valence-electron chi connectivity index (χ3n) is 2.55. The molecule has 0 saturated heterocycles. The van der Waals surface area contributed by atoms with Gasteiger partial charge in [0.15, 0.2) is 6.61 Å². The lowest BCUT2D eigenvalue weighted by molar-refractivity contribution is 0.128. The van der Waals surface area contributed by atoms with Crippen LogP contribution < -0.4 is 0 Å². The fraction of sp³-hybridized carbons (Fsp3) is 0.462. The first-order chi connectivity index (χ1) is 9.10. The second kappa shape index (κ2) is 6.25. The molecule has 102 valence electrons. The van der Waals surface area contributed by atoms with E-state index in [4.69, 9.17) is 4.84 Å². The molecule has 2 aromatic rings. The van der Waals surface area contributed by atoms with Gasteiger partial charge in [-0.15, -0.1) is 22.7 Å². The summed E-state index contributed by atoms with van der Waals surface area (Å²) >= 11 is 3.30. The molecule has 0 atom stereocenters. The minimum absolute atomic E-state index is 0.421. The van der Waals surface area contributed by atoms with Crippen LogP contribution in [-0.2, 0) is 17.9 Å². The largest absolute Gasteiger partial charge is 0.389 e. The Morgan fingerprint density at radius 3 is 2.74 bits per heavy atom. The van der Waals surface area contributed by atoms with Crippen molar-refractivity contribution in [2.75, 3.05) is 0 Å². The Hall–Kier alpha value is -1.27. The fourth-order valence-electron chi connectivity index (χ4n) is 1.68. The Morgan fingerprint density at radius 1 is 1.37 bits per heavy atom. The van der Waals surface area contributed by atoms with E-state index in [9.17, 15) is 0 Å². The summed E-state index contributed by atoms with van der Waals surface area (Å²) in [6.07, 6.45) is 0.965. The standard InChI is InChI=1S/C13H17N3OS2/c1-5-12-15-11(7-18-12)6-17-16-9(3)13-8(2)14-10(4)19-13/h7H,5-6H2,1-4H3/b16-9+. The summed E-state index contributed by atoms with van der Waals surface area (Å²) in [5.74, 6) is 0. The average Bonchev–Trinajstić information content (AvgIpc) is 2.95. The first-order valence-corrected chi connectivity index (χ1v) is 7.84. The molecular weight excluding hydrogens is 278 g/mol. The Kier molecular flexibility index (Phi) is 4.66. The van der Waals surface area contributed by atoms with Gasteiger partial charge in [0, 0.05) is 5.38 Å². The molecule has 0 N–H and O–H groups in total. The molecule has 0 aromatic carbocycles. The highest BCUT2D eigenvalue weighted by molar-refractivity contribution is 7.13. The molecule has 0 fully saturated rings. The zero-order chi connectivity index (χ0) is 13.8. The zero-order valence-electron chi connectivity index (χ0n) is 11.6. The second-order valence-corrected chi connectivity index (χ2v) is 6.33. The van der Waals surface area contributed by atoms with E-state index < -0.39 is 0 Å². The number of rotatable bonds is 5. The van der Waals surface area contributed by atoms with Crippen LogP contribution in [0.1, 0.15) is 40.1 Å². The van der Waals surface area contributed by atoms with Crippen LogP contribution in [0.25, 0.3) is 0 Å². The molecule has 6 heteroatoms. The van der Waals surface area contributed by atoms with Gasteiger partial charge in [0.1, 0.15) is 0 Å². The fourth-order valence-corrected chi connectivity index (χ4v) is 3.27. The molecule has 0 amide bonds. The summed E-state index contributed by atoms with van der Waals surface area (Å²) in [4.78, 5) is 15.3. The summed E-state index contributed by atoms with van der Waals surface area (Å²) in [6, 6.07) is 0. The summed E-state index contributed by atoms with van der Waals surface area (Å²) in [5.41, 5.74) is 2.82. The molecule has 2 rings (SSSR count). The number of thiazole rings is 2. The van der Waals surface area contributed by atoms with Gasteiger partial charge in [-0.3, -0.25) is 0 Å². The summed E-state index contributed by atoms with van der Waals surface area (Å²) < 4.78 is 0. The van der Waals surface area contributed by atoms with Crippen molar-refractivity contribution in [3.8, 4) is 0 Å². The smallest absolute Gasteiger partial charge is 0.159 e.